The summed E-state index contributed by atoms with van der Waals surface area (Å²) in [5, 5.41) is 15.5. The summed E-state index contributed by atoms with van der Waals surface area (Å²) in [4.78, 5) is 9.48. The maximum atomic E-state index is 10.2. The van der Waals surface area contributed by atoms with Gasteiger partial charge in [0.05, 0.1) is 25.4 Å². The average Bonchev–Trinajstić information content (AvgIpc) is 3.18. The fraction of sp³-hybridized carbons (Fsp3) is 0.333. The SMILES string of the molecule is COc1cc(CO)c2c(c1)N(c1ccc3ncc(-c4cnn(C)c4)cc3c1)CCN(C(C)C)C2. The van der Waals surface area contributed by atoms with Gasteiger partial charge in [-0.2, -0.15) is 5.10 Å². The number of aliphatic hydroxyl groups excluding tert-OH is 1. The number of fused-ring (bicyclic) bond motifs is 2. The van der Waals surface area contributed by atoms with E-state index >= 15 is 0 Å². The van der Waals surface area contributed by atoms with Gasteiger partial charge in [-0.3, -0.25) is 14.6 Å². The third kappa shape index (κ3) is 4.13. The van der Waals surface area contributed by atoms with Crippen LogP contribution >= 0.6 is 0 Å². The molecule has 0 spiro atoms. The van der Waals surface area contributed by atoms with E-state index in [0.717, 1.165) is 69.9 Å². The fourth-order valence-electron chi connectivity index (χ4n) is 4.72. The number of hydrogen-bond donors (Lipinski definition) is 1. The molecule has 0 amide bonds. The van der Waals surface area contributed by atoms with Gasteiger partial charge < -0.3 is 14.7 Å². The van der Waals surface area contributed by atoms with Crippen molar-refractivity contribution in [1.29, 1.82) is 0 Å². The number of pyridine rings is 1. The first-order chi connectivity index (χ1) is 16.5. The van der Waals surface area contributed by atoms with Gasteiger partial charge in [0.25, 0.3) is 0 Å². The Balaban J connectivity index is 1.63. The quantitative estimate of drug-likeness (QED) is 0.476. The Bertz CT molecular complexity index is 1330. The van der Waals surface area contributed by atoms with E-state index < -0.39 is 0 Å². The highest BCUT2D eigenvalue weighted by atomic mass is 16.5. The Labute approximate surface area is 200 Å². The van der Waals surface area contributed by atoms with Crippen molar-refractivity contribution in [2.45, 2.75) is 33.0 Å². The minimum atomic E-state index is -0.0184. The maximum absolute atomic E-state index is 10.2. The van der Waals surface area contributed by atoms with E-state index in [9.17, 15) is 5.11 Å². The smallest absolute Gasteiger partial charge is 0.121 e. The van der Waals surface area contributed by atoms with Crippen molar-refractivity contribution in [3.05, 3.63) is 66.1 Å². The lowest BCUT2D eigenvalue weighted by atomic mass is 10.0. The largest absolute Gasteiger partial charge is 0.497 e. The summed E-state index contributed by atoms with van der Waals surface area (Å²) in [6.45, 7) is 6.98. The molecule has 5 rings (SSSR count). The standard InChI is InChI=1S/C27H31N5O2/c1-18(2)31-7-8-32(27-12-24(34-4)11-21(17-33)25(27)16-31)23-5-6-26-19(10-23)9-20(13-28-26)22-14-29-30(3)15-22/h5-6,9-15,18,33H,7-8,16-17H2,1-4H3. The predicted molar refractivity (Wildman–Crippen MR) is 135 cm³/mol. The molecule has 0 radical (unpaired) electrons. The molecule has 0 saturated carbocycles. The van der Waals surface area contributed by atoms with Gasteiger partial charge in [0.15, 0.2) is 0 Å². The number of aliphatic hydroxyl groups is 1. The van der Waals surface area contributed by atoms with Gasteiger partial charge >= 0.3 is 0 Å². The monoisotopic (exact) mass is 457 g/mol. The van der Waals surface area contributed by atoms with Crippen LogP contribution < -0.4 is 9.64 Å². The second-order valence-corrected chi connectivity index (χ2v) is 9.16. The summed E-state index contributed by atoms with van der Waals surface area (Å²) >= 11 is 0. The van der Waals surface area contributed by atoms with E-state index in [1.54, 1.807) is 11.8 Å². The van der Waals surface area contributed by atoms with Crippen molar-refractivity contribution in [1.82, 2.24) is 19.7 Å². The molecule has 0 bridgehead atoms. The van der Waals surface area contributed by atoms with Crippen LogP contribution in [0.2, 0.25) is 0 Å². The maximum Gasteiger partial charge on any atom is 0.121 e. The lowest BCUT2D eigenvalue weighted by molar-refractivity contribution is 0.220. The third-order valence-electron chi connectivity index (χ3n) is 6.71. The van der Waals surface area contributed by atoms with Crippen LogP contribution in [0.25, 0.3) is 22.0 Å². The van der Waals surface area contributed by atoms with Crippen LogP contribution in [-0.4, -0.2) is 51.0 Å². The summed E-state index contributed by atoms with van der Waals surface area (Å²) < 4.78 is 7.39. The van der Waals surface area contributed by atoms with Crippen molar-refractivity contribution in [2.75, 3.05) is 25.1 Å². The summed E-state index contributed by atoms with van der Waals surface area (Å²) in [7, 11) is 3.59. The molecule has 176 valence electrons. The van der Waals surface area contributed by atoms with Crippen molar-refractivity contribution >= 4 is 22.3 Å². The minimum absolute atomic E-state index is 0.0184. The first-order valence-corrected chi connectivity index (χ1v) is 11.7. The van der Waals surface area contributed by atoms with Crippen molar-refractivity contribution < 1.29 is 9.84 Å². The van der Waals surface area contributed by atoms with Gasteiger partial charge in [-0.1, -0.05) is 0 Å². The molecule has 0 unspecified atom stereocenters. The zero-order chi connectivity index (χ0) is 23.8. The van der Waals surface area contributed by atoms with Gasteiger partial charge in [0.2, 0.25) is 0 Å². The van der Waals surface area contributed by atoms with Gasteiger partial charge in [0.1, 0.15) is 5.75 Å². The number of methoxy groups -OCH3 is 1. The van der Waals surface area contributed by atoms with E-state index in [1.165, 1.54) is 0 Å². The highest BCUT2D eigenvalue weighted by Gasteiger charge is 2.25. The van der Waals surface area contributed by atoms with Crippen LogP contribution in [0.5, 0.6) is 5.75 Å². The molecule has 7 heteroatoms. The molecule has 0 aliphatic carbocycles. The molecule has 1 N–H and O–H groups in total. The lowest BCUT2D eigenvalue weighted by Crippen LogP contribution is -2.34. The molecule has 34 heavy (non-hydrogen) atoms. The molecular weight excluding hydrogens is 426 g/mol. The molecule has 1 aliphatic rings. The van der Waals surface area contributed by atoms with E-state index in [0.29, 0.717) is 6.04 Å². The number of aryl methyl sites for hydroxylation is 1. The van der Waals surface area contributed by atoms with Crippen LogP contribution in [0.3, 0.4) is 0 Å². The molecule has 7 nitrogen and oxygen atoms in total. The second-order valence-electron chi connectivity index (χ2n) is 9.16. The summed E-state index contributed by atoms with van der Waals surface area (Å²) in [5.41, 5.74) is 7.29. The Morgan fingerprint density at radius 1 is 1.06 bits per heavy atom. The van der Waals surface area contributed by atoms with Crippen LogP contribution in [0.1, 0.15) is 25.0 Å². The summed E-state index contributed by atoms with van der Waals surface area (Å²) in [6, 6.07) is 13.0. The number of rotatable bonds is 5. The van der Waals surface area contributed by atoms with Gasteiger partial charge in [-0.15, -0.1) is 0 Å². The highest BCUT2D eigenvalue weighted by molar-refractivity contribution is 5.87. The van der Waals surface area contributed by atoms with Gasteiger partial charge in [0, 0.05) is 79.1 Å². The van der Waals surface area contributed by atoms with E-state index in [4.69, 9.17) is 4.74 Å². The molecule has 1 aliphatic heterocycles. The van der Waals surface area contributed by atoms with Crippen LogP contribution in [0.15, 0.2) is 55.0 Å². The van der Waals surface area contributed by atoms with Gasteiger partial charge in [-0.05, 0) is 55.3 Å². The Morgan fingerprint density at radius 2 is 1.91 bits per heavy atom. The molecule has 2 aromatic heterocycles. The lowest BCUT2D eigenvalue weighted by Gasteiger charge is -2.27. The first kappa shape index (κ1) is 22.4. The van der Waals surface area contributed by atoms with Crippen LogP contribution in [-0.2, 0) is 20.2 Å². The zero-order valence-electron chi connectivity index (χ0n) is 20.2. The topological polar surface area (TPSA) is 66.7 Å². The van der Waals surface area contributed by atoms with Gasteiger partial charge in [-0.25, -0.2) is 0 Å². The van der Waals surface area contributed by atoms with E-state index in [1.807, 2.05) is 31.7 Å². The molecule has 2 aromatic carbocycles. The Hall–Kier alpha value is -3.42. The second kappa shape index (κ2) is 9.08. The number of ether oxygens (including phenoxy) is 1. The number of nitrogens with zero attached hydrogens (tertiary/aromatic N) is 5. The molecular formula is C27H31N5O2. The zero-order valence-corrected chi connectivity index (χ0v) is 20.2. The van der Waals surface area contributed by atoms with Crippen molar-refractivity contribution in [2.24, 2.45) is 7.05 Å². The van der Waals surface area contributed by atoms with Crippen molar-refractivity contribution in [3.8, 4) is 16.9 Å². The fourth-order valence-corrected chi connectivity index (χ4v) is 4.72. The Morgan fingerprint density at radius 3 is 2.62 bits per heavy atom. The molecule has 0 atom stereocenters. The number of anilines is 2. The van der Waals surface area contributed by atoms with Crippen LogP contribution in [0, 0.1) is 0 Å². The minimum Gasteiger partial charge on any atom is -0.497 e. The highest BCUT2D eigenvalue weighted by Crippen LogP contribution is 2.38. The first-order valence-electron chi connectivity index (χ1n) is 11.7. The third-order valence-corrected chi connectivity index (χ3v) is 6.71. The molecule has 4 aromatic rings. The Kier molecular flexibility index (Phi) is 5.98. The number of benzene rings is 2. The normalized spacial score (nSPS) is 14.5. The summed E-state index contributed by atoms with van der Waals surface area (Å²) in [5.74, 6) is 0.757. The van der Waals surface area contributed by atoms with E-state index in [-0.39, 0.29) is 6.61 Å². The molecule has 3 heterocycles. The summed E-state index contributed by atoms with van der Waals surface area (Å²) in [6.07, 6.45) is 5.76. The van der Waals surface area contributed by atoms with Crippen LogP contribution in [0.4, 0.5) is 11.4 Å². The predicted octanol–water partition coefficient (Wildman–Crippen LogP) is 4.50. The molecule has 0 fully saturated rings. The average molecular weight is 458 g/mol. The number of aromatic nitrogens is 3. The van der Waals surface area contributed by atoms with E-state index in [2.05, 4.69) is 64.1 Å². The molecule has 0 saturated heterocycles. The number of hydrogen-bond acceptors (Lipinski definition) is 6. The van der Waals surface area contributed by atoms with Crippen molar-refractivity contribution in [3.63, 3.8) is 0 Å².